The molecule has 1 aromatic carbocycles. The SMILES string of the molecule is O=C(c1nc(-c2ccccc2)cs1)N1CCc2oc(C3CCOC3)nc2C1. The van der Waals surface area contributed by atoms with Crippen LogP contribution in [0.1, 0.15) is 39.5 Å². The number of nitrogens with zero attached hydrogens (tertiary/aromatic N) is 3. The first-order valence-electron chi connectivity index (χ1n) is 9.14. The Morgan fingerprint density at radius 1 is 1.22 bits per heavy atom. The number of ether oxygens (including phenoxy) is 1. The van der Waals surface area contributed by atoms with Gasteiger partial charge in [-0.25, -0.2) is 9.97 Å². The molecule has 1 fully saturated rings. The molecular formula is C20H19N3O3S. The van der Waals surface area contributed by atoms with E-state index >= 15 is 0 Å². The van der Waals surface area contributed by atoms with Crippen LogP contribution in [0, 0.1) is 0 Å². The summed E-state index contributed by atoms with van der Waals surface area (Å²) in [5.41, 5.74) is 2.73. The van der Waals surface area contributed by atoms with Gasteiger partial charge < -0.3 is 14.1 Å². The molecule has 2 aromatic heterocycles. The van der Waals surface area contributed by atoms with E-state index in [2.05, 4.69) is 9.97 Å². The van der Waals surface area contributed by atoms with Gasteiger partial charge in [-0.2, -0.15) is 0 Å². The molecule has 0 saturated carbocycles. The molecule has 1 atom stereocenters. The van der Waals surface area contributed by atoms with Crippen molar-refractivity contribution in [1.82, 2.24) is 14.9 Å². The number of carbonyl (C=O) groups excluding carboxylic acids is 1. The predicted octanol–water partition coefficient (Wildman–Crippen LogP) is 3.50. The van der Waals surface area contributed by atoms with E-state index in [0.29, 0.717) is 31.1 Å². The van der Waals surface area contributed by atoms with Gasteiger partial charge in [0.25, 0.3) is 5.91 Å². The van der Waals surface area contributed by atoms with Gasteiger partial charge in [0.1, 0.15) is 11.5 Å². The summed E-state index contributed by atoms with van der Waals surface area (Å²) in [6.45, 7) is 2.53. The number of hydrogen-bond acceptors (Lipinski definition) is 6. The summed E-state index contributed by atoms with van der Waals surface area (Å²) < 4.78 is 11.4. The lowest BCUT2D eigenvalue weighted by molar-refractivity contribution is 0.0727. The molecule has 1 amide bonds. The first kappa shape index (κ1) is 16.6. The van der Waals surface area contributed by atoms with Crippen LogP contribution in [0.25, 0.3) is 11.3 Å². The summed E-state index contributed by atoms with van der Waals surface area (Å²) in [4.78, 5) is 23.9. The minimum absolute atomic E-state index is 0.0402. The van der Waals surface area contributed by atoms with Gasteiger partial charge in [0.15, 0.2) is 10.9 Å². The third-order valence-corrected chi connectivity index (χ3v) is 5.90. The van der Waals surface area contributed by atoms with E-state index in [0.717, 1.165) is 41.6 Å². The van der Waals surface area contributed by atoms with Gasteiger partial charge >= 0.3 is 0 Å². The molecule has 0 N–H and O–H groups in total. The number of thiazole rings is 1. The fourth-order valence-corrected chi connectivity index (χ4v) is 4.34. The highest BCUT2D eigenvalue weighted by Gasteiger charge is 2.30. The summed E-state index contributed by atoms with van der Waals surface area (Å²) in [6, 6.07) is 9.91. The topological polar surface area (TPSA) is 68.5 Å². The molecule has 1 unspecified atom stereocenters. The lowest BCUT2D eigenvalue weighted by Gasteiger charge is -2.24. The van der Waals surface area contributed by atoms with Crippen LogP contribution in [0.15, 0.2) is 40.1 Å². The fraction of sp³-hybridized carbons (Fsp3) is 0.350. The average Bonchev–Trinajstić information content (AvgIpc) is 3.47. The van der Waals surface area contributed by atoms with E-state index in [4.69, 9.17) is 9.15 Å². The quantitative estimate of drug-likeness (QED) is 0.695. The normalized spacial score (nSPS) is 19.3. The van der Waals surface area contributed by atoms with Crippen molar-refractivity contribution >= 4 is 17.2 Å². The smallest absolute Gasteiger partial charge is 0.283 e. The van der Waals surface area contributed by atoms with Gasteiger partial charge in [-0.15, -0.1) is 11.3 Å². The van der Waals surface area contributed by atoms with Crippen molar-refractivity contribution in [3.8, 4) is 11.3 Å². The number of amides is 1. The molecule has 2 aliphatic heterocycles. The van der Waals surface area contributed by atoms with Crippen LogP contribution in [0.4, 0.5) is 0 Å². The molecule has 27 heavy (non-hydrogen) atoms. The summed E-state index contributed by atoms with van der Waals surface area (Å²) in [7, 11) is 0. The average molecular weight is 381 g/mol. The molecule has 5 rings (SSSR count). The van der Waals surface area contributed by atoms with Crippen LogP contribution in [-0.4, -0.2) is 40.5 Å². The van der Waals surface area contributed by atoms with Gasteiger partial charge in [0.05, 0.1) is 24.8 Å². The van der Waals surface area contributed by atoms with Gasteiger partial charge in [-0.1, -0.05) is 30.3 Å². The number of fused-ring (bicyclic) bond motifs is 1. The maximum atomic E-state index is 12.9. The van der Waals surface area contributed by atoms with Crippen molar-refractivity contribution < 1.29 is 13.9 Å². The van der Waals surface area contributed by atoms with Gasteiger partial charge in [-0.05, 0) is 6.42 Å². The van der Waals surface area contributed by atoms with E-state index < -0.39 is 0 Å². The van der Waals surface area contributed by atoms with Crippen molar-refractivity contribution in [2.24, 2.45) is 0 Å². The Morgan fingerprint density at radius 3 is 2.93 bits per heavy atom. The Kier molecular flexibility index (Phi) is 4.26. The van der Waals surface area contributed by atoms with Crippen molar-refractivity contribution in [3.05, 3.63) is 58.1 Å². The minimum atomic E-state index is -0.0402. The van der Waals surface area contributed by atoms with Crippen molar-refractivity contribution in [2.45, 2.75) is 25.3 Å². The zero-order valence-corrected chi connectivity index (χ0v) is 15.6. The molecule has 1 saturated heterocycles. The van der Waals surface area contributed by atoms with Gasteiger partial charge in [0.2, 0.25) is 0 Å². The van der Waals surface area contributed by atoms with Crippen molar-refractivity contribution in [3.63, 3.8) is 0 Å². The molecule has 0 radical (unpaired) electrons. The Bertz CT molecular complexity index is 960. The third kappa shape index (κ3) is 3.17. The first-order valence-corrected chi connectivity index (χ1v) is 10.0. The molecule has 0 bridgehead atoms. The minimum Gasteiger partial charge on any atom is -0.445 e. The summed E-state index contributed by atoms with van der Waals surface area (Å²) in [6.07, 6.45) is 1.64. The highest BCUT2D eigenvalue weighted by Crippen LogP contribution is 2.30. The van der Waals surface area contributed by atoms with Crippen LogP contribution in [0.3, 0.4) is 0 Å². The second-order valence-electron chi connectivity index (χ2n) is 6.86. The monoisotopic (exact) mass is 381 g/mol. The molecule has 7 heteroatoms. The van der Waals surface area contributed by atoms with Crippen LogP contribution in [-0.2, 0) is 17.7 Å². The first-order chi connectivity index (χ1) is 13.3. The zero-order chi connectivity index (χ0) is 18.2. The van der Waals surface area contributed by atoms with Crippen LogP contribution in [0.5, 0.6) is 0 Å². The summed E-state index contributed by atoms with van der Waals surface area (Å²) >= 11 is 1.39. The molecule has 0 spiro atoms. The van der Waals surface area contributed by atoms with E-state index in [1.54, 1.807) is 0 Å². The molecule has 6 nitrogen and oxygen atoms in total. The third-order valence-electron chi connectivity index (χ3n) is 5.07. The largest absolute Gasteiger partial charge is 0.445 e. The van der Waals surface area contributed by atoms with E-state index in [1.807, 2.05) is 40.6 Å². The Labute approximate surface area is 160 Å². The zero-order valence-electron chi connectivity index (χ0n) is 14.8. The molecule has 138 valence electrons. The number of hydrogen-bond donors (Lipinski definition) is 0. The highest BCUT2D eigenvalue weighted by atomic mass is 32.1. The lowest BCUT2D eigenvalue weighted by atomic mass is 10.1. The van der Waals surface area contributed by atoms with Crippen LogP contribution >= 0.6 is 11.3 Å². The number of rotatable bonds is 3. The van der Waals surface area contributed by atoms with E-state index in [1.165, 1.54) is 11.3 Å². The van der Waals surface area contributed by atoms with Crippen molar-refractivity contribution in [2.75, 3.05) is 19.8 Å². The molecule has 4 heterocycles. The number of carbonyl (C=O) groups is 1. The van der Waals surface area contributed by atoms with E-state index in [-0.39, 0.29) is 11.8 Å². The maximum absolute atomic E-state index is 12.9. The van der Waals surface area contributed by atoms with Gasteiger partial charge in [0, 0.05) is 30.5 Å². The molecule has 2 aliphatic rings. The maximum Gasteiger partial charge on any atom is 0.283 e. The fourth-order valence-electron chi connectivity index (χ4n) is 3.54. The summed E-state index contributed by atoms with van der Waals surface area (Å²) in [5.74, 6) is 1.87. The van der Waals surface area contributed by atoms with E-state index in [9.17, 15) is 4.79 Å². The molecular weight excluding hydrogens is 362 g/mol. The number of benzene rings is 1. The Hall–Kier alpha value is -2.51. The Balaban J connectivity index is 1.33. The predicted molar refractivity (Wildman–Crippen MR) is 101 cm³/mol. The van der Waals surface area contributed by atoms with Crippen LogP contribution in [0.2, 0.25) is 0 Å². The lowest BCUT2D eigenvalue weighted by Crippen LogP contribution is -2.35. The molecule has 0 aliphatic carbocycles. The summed E-state index contributed by atoms with van der Waals surface area (Å²) in [5, 5.41) is 2.46. The standard InChI is InChI=1S/C20H19N3O3S/c24-20(19-22-16(12-27-19)13-4-2-1-3-5-13)23-8-6-17-15(10-23)21-18(26-17)14-7-9-25-11-14/h1-5,12,14H,6-11H2. The number of aromatic nitrogens is 2. The molecule has 3 aromatic rings. The second-order valence-corrected chi connectivity index (χ2v) is 7.72. The van der Waals surface area contributed by atoms with Crippen molar-refractivity contribution in [1.29, 1.82) is 0 Å². The van der Waals surface area contributed by atoms with Crippen LogP contribution < -0.4 is 0 Å². The Morgan fingerprint density at radius 2 is 2.11 bits per heavy atom. The highest BCUT2D eigenvalue weighted by molar-refractivity contribution is 7.12. The number of oxazole rings is 1. The second kappa shape index (κ2) is 6.90. The van der Waals surface area contributed by atoms with Gasteiger partial charge in [-0.3, -0.25) is 4.79 Å².